The molecule has 1 unspecified atom stereocenters. The van der Waals surface area contributed by atoms with Crippen LogP contribution < -0.4 is 5.32 Å². The zero-order valence-electron chi connectivity index (χ0n) is 13.6. The number of carbonyl (C=O) groups excluding carboxylic acids is 2. The maximum Gasteiger partial charge on any atom is 0.326 e. The second-order valence-electron chi connectivity index (χ2n) is 5.97. The van der Waals surface area contributed by atoms with Crippen LogP contribution in [0.5, 0.6) is 0 Å². The molecule has 0 bridgehead atoms. The van der Waals surface area contributed by atoms with Crippen LogP contribution in [0.1, 0.15) is 40.7 Å². The number of carboxylic acid groups (broad SMARTS) is 1. The second kappa shape index (κ2) is 6.80. The zero-order chi connectivity index (χ0) is 18.0. The summed E-state index contributed by atoms with van der Waals surface area (Å²) in [7, 11) is 0. The predicted molar refractivity (Wildman–Crippen MR) is 89.4 cm³/mol. The van der Waals surface area contributed by atoms with Crippen molar-refractivity contribution in [2.75, 3.05) is 5.32 Å². The quantitative estimate of drug-likeness (QED) is 0.840. The van der Waals surface area contributed by atoms with Gasteiger partial charge in [-0.15, -0.1) is 0 Å². The molecule has 0 saturated heterocycles. The summed E-state index contributed by atoms with van der Waals surface area (Å²) in [6, 6.07) is 8.63. The lowest BCUT2D eigenvalue weighted by Crippen LogP contribution is -2.44. The van der Waals surface area contributed by atoms with Gasteiger partial charge in [0.05, 0.1) is 6.26 Å². The summed E-state index contributed by atoms with van der Waals surface area (Å²) < 4.78 is 5.03. The van der Waals surface area contributed by atoms with Crippen molar-refractivity contribution in [3.63, 3.8) is 0 Å². The molecule has 130 valence electrons. The fourth-order valence-corrected chi connectivity index (χ4v) is 2.61. The molecular weight excluding hydrogens is 324 g/mol. The van der Waals surface area contributed by atoms with Crippen molar-refractivity contribution in [1.82, 2.24) is 4.90 Å². The van der Waals surface area contributed by atoms with Gasteiger partial charge in [-0.1, -0.05) is 6.07 Å². The van der Waals surface area contributed by atoms with E-state index in [0.29, 0.717) is 11.3 Å². The summed E-state index contributed by atoms with van der Waals surface area (Å²) in [4.78, 5) is 37.5. The molecule has 2 aromatic rings. The summed E-state index contributed by atoms with van der Waals surface area (Å²) >= 11 is 0. The molecule has 1 aliphatic carbocycles. The first kappa shape index (κ1) is 16.8. The number of benzene rings is 1. The Morgan fingerprint density at radius 1 is 1.24 bits per heavy atom. The standard InChI is InChI=1S/C18H18N2O5/c1-11(18(23)24)20(14-7-8-14)17(22)12-4-2-5-13(10-12)19-16(21)15-6-3-9-25-15/h2-6,9-11,14H,7-8H2,1H3,(H,19,21)(H,23,24). The molecule has 2 N–H and O–H groups in total. The highest BCUT2D eigenvalue weighted by atomic mass is 16.4. The van der Waals surface area contributed by atoms with Crippen LogP contribution in [0.25, 0.3) is 0 Å². The maximum atomic E-state index is 12.8. The Balaban J connectivity index is 1.79. The third-order valence-electron chi connectivity index (χ3n) is 4.06. The SMILES string of the molecule is CC(C(=O)O)N(C(=O)c1cccc(NC(=O)c2ccco2)c1)C1CC1. The second-order valence-corrected chi connectivity index (χ2v) is 5.97. The Labute approximate surface area is 144 Å². The average molecular weight is 342 g/mol. The van der Waals surface area contributed by atoms with E-state index in [1.54, 1.807) is 24.3 Å². The first-order valence-corrected chi connectivity index (χ1v) is 7.98. The number of furan rings is 1. The van der Waals surface area contributed by atoms with Gasteiger partial charge in [0.2, 0.25) is 0 Å². The lowest BCUT2D eigenvalue weighted by molar-refractivity contribution is -0.141. The van der Waals surface area contributed by atoms with E-state index in [-0.39, 0.29) is 17.7 Å². The van der Waals surface area contributed by atoms with Crippen molar-refractivity contribution in [3.05, 3.63) is 54.0 Å². The number of nitrogens with one attached hydrogen (secondary N) is 1. The van der Waals surface area contributed by atoms with Gasteiger partial charge in [0.15, 0.2) is 5.76 Å². The van der Waals surface area contributed by atoms with E-state index in [2.05, 4.69) is 5.32 Å². The van der Waals surface area contributed by atoms with Crippen molar-refractivity contribution < 1.29 is 23.9 Å². The third kappa shape index (κ3) is 3.71. The van der Waals surface area contributed by atoms with Gasteiger partial charge >= 0.3 is 5.97 Å². The van der Waals surface area contributed by atoms with E-state index in [9.17, 15) is 19.5 Å². The molecule has 1 atom stereocenters. The van der Waals surface area contributed by atoms with Gasteiger partial charge in [0.1, 0.15) is 6.04 Å². The van der Waals surface area contributed by atoms with Crippen LogP contribution in [-0.2, 0) is 4.79 Å². The monoisotopic (exact) mass is 342 g/mol. The Hall–Kier alpha value is -3.09. The van der Waals surface area contributed by atoms with E-state index in [1.165, 1.54) is 30.2 Å². The largest absolute Gasteiger partial charge is 0.480 e. The van der Waals surface area contributed by atoms with Crippen molar-refractivity contribution in [1.29, 1.82) is 0 Å². The molecule has 1 fully saturated rings. The first-order chi connectivity index (χ1) is 12.0. The topological polar surface area (TPSA) is 99.9 Å². The fraction of sp³-hybridized carbons (Fsp3) is 0.278. The van der Waals surface area contributed by atoms with Crippen LogP contribution in [-0.4, -0.2) is 39.9 Å². The molecular formula is C18H18N2O5. The summed E-state index contributed by atoms with van der Waals surface area (Å²) in [5, 5.41) is 11.9. The Bertz CT molecular complexity index is 796. The number of hydrogen-bond donors (Lipinski definition) is 2. The average Bonchev–Trinajstić information content (AvgIpc) is 3.26. The van der Waals surface area contributed by atoms with Crippen LogP contribution >= 0.6 is 0 Å². The molecule has 7 heteroatoms. The van der Waals surface area contributed by atoms with Gasteiger partial charge in [0.25, 0.3) is 11.8 Å². The maximum absolute atomic E-state index is 12.8. The zero-order valence-corrected chi connectivity index (χ0v) is 13.6. The Morgan fingerprint density at radius 2 is 2.00 bits per heavy atom. The van der Waals surface area contributed by atoms with E-state index >= 15 is 0 Å². The highest BCUT2D eigenvalue weighted by Gasteiger charge is 2.38. The summed E-state index contributed by atoms with van der Waals surface area (Å²) in [6.45, 7) is 1.50. The lowest BCUT2D eigenvalue weighted by Gasteiger charge is -2.26. The van der Waals surface area contributed by atoms with Gasteiger partial charge in [-0.2, -0.15) is 0 Å². The molecule has 1 saturated carbocycles. The summed E-state index contributed by atoms with van der Waals surface area (Å²) in [5.41, 5.74) is 0.767. The molecule has 2 amide bonds. The van der Waals surface area contributed by atoms with Crippen molar-refractivity contribution in [3.8, 4) is 0 Å². The highest BCUT2D eigenvalue weighted by molar-refractivity contribution is 6.03. The molecule has 3 rings (SSSR count). The Morgan fingerprint density at radius 3 is 2.60 bits per heavy atom. The number of aliphatic carboxylic acids is 1. The Kier molecular flexibility index (Phi) is 4.56. The van der Waals surface area contributed by atoms with E-state index < -0.39 is 17.9 Å². The van der Waals surface area contributed by atoms with Crippen LogP contribution in [0.15, 0.2) is 47.1 Å². The lowest BCUT2D eigenvalue weighted by atomic mass is 10.1. The molecule has 1 aromatic heterocycles. The van der Waals surface area contributed by atoms with Crippen molar-refractivity contribution >= 4 is 23.5 Å². The number of nitrogens with zero attached hydrogens (tertiary/aromatic N) is 1. The summed E-state index contributed by atoms with van der Waals surface area (Å²) in [5.74, 6) is -1.66. The van der Waals surface area contributed by atoms with Gasteiger partial charge in [0, 0.05) is 17.3 Å². The number of carbonyl (C=O) groups is 3. The number of hydrogen-bond acceptors (Lipinski definition) is 4. The third-order valence-corrected chi connectivity index (χ3v) is 4.06. The van der Waals surface area contributed by atoms with Gasteiger partial charge in [-0.05, 0) is 50.1 Å². The smallest absolute Gasteiger partial charge is 0.326 e. The minimum Gasteiger partial charge on any atom is -0.480 e. The number of carboxylic acids is 1. The molecule has 0 radical (unpaired) electrons. The molecule has 1 aromatic carbocycles. The molecule has 25 heavy (non-hydrogen) atoms. The molecule has 7 nitrogen and oxygen atoms in total. The minimum atomic E-state index is -1.04. The molecule has 0 spiro atoms. The highest BCUT2D eigenvalue weighted by Crippen LogP contribution is 2.30. The number of amides is 2. The number of rotatable bonds is 6. The van der Waals surface area contributed by atoms with Gasteiger partial charge < -0.3 is 19.7 Å². The van der Waals surface area contributed by atoms with E-state index in [1.807, 2.05) is 0 Å². The molecule has 1 heterocycles. The van der Waals surface area contributed by atoms with Crippen molar-refractivity contribution in [2.24, 2.45) is 0 Å². The van der Waals surface area contributed by atoms with Gasteiger partial charge in [-0.25, -0.2) is 4.79 Å². The van der Waals surface area contributed by atoms with Crippen LogP contribution in [0.4, 0.5) is 5.69 Å². The van der Waals surface area contributed by atoms with Gasteiger partial charge in [-0.3, -0.25) is 9.59 Å². The van der Waals surface area contributed by atoms with Crippen molar-refractivity contribution in [2.45, 2.75) is 31.8 Å². The minimum absolute atomic E-state index is 0.0417. The van der Waals surface area contributed by atoms with Crippen LogP contribution in [0.2, 0.25) is 0 Å². The van der Waals surface area contributed by atoms with Crippen LogP contribution in [0, 0.1) is 0 Å². The fourth-order valence-electron chi connectivity index (χ4n) is 2.61. The normalized spacial score (nSPS) is 14.6. The number of anilines is 1. The summed E-state index contributed by atoms with van der Waals surface area (Å²) in [6.07, 6.45) is 3.01. The predicted octanol–water partition coefficient (Wildman–Crippen LogP) is 2.61. The molecule has 0 aliphatic heterocycles. The molecule has 1 aliphatic rings. The van der Waals surface area contributed by atoms with Crippen LogP contribution in [0.3, 0.4) is 0 Å². The first-order valence-electron chi connectivity index (χ1n) is 7.98. The van der Waals surface area contributed by atoms with E-state index in [4.69, 9.17) is 4.42 Å². The van der Waals surface area contributed by atoms with E-state index in [0.717, 1.165) is 12.8 Å².